The van der Waals surface area contributed by atoms with Gasteiger partial charge in [0.1, 0.15) is 6.10 Å². The van der Waals surface area contributed by atoms with E-state index in [1.165, 1.54) is 0 Å². The number of nitrogens with zero attached hydrogens (tertiary/aromatic N) is 3. The Kier molecular flexibility index (Phi) is 2.57. The fraction of sp³-hybridized carbons (Fsp3) is 0.143. The number of hydrogen-bond acceptors (Lipinski definition) is 3. The molecule has 1 unspecified atom stereocenters. The molecule has 2 heterocycles. The summed E-state index contributed by atoms with van der Waals surface area (Å²) >= 11 is 0. The number of aliphatic hydroxyl groups excluding tert-OH is 1. The van der Waals surface area contributed by atoms with Crippen LogP contribution in [0.25, 0.3) is 10.8 Å². The van der Waals surface area contributed by atoms with Gasteiger partial charge in [-0.3, -0.25) is 9.67 Å². The fourth-order valence-corrected chi connectivity index (χ4v) is 2.10. The minimum atomic E-state index is -0.746. The molecule has 90 valence electrons. The van der Waals surface area contributed by atoms with Crippen molar-refractivity contribution in [3.8, 4) is 0 Å². The van der Waals surface area contributed by atoms with Crippen LogP contribution < -0.4 is 0 Å². The van der Waals surface area contributed by atoms with Crippen LogP contribution in [0.2, 0.25) is 0 Å². The van der Waals surface area contributed by atoms with Crippen LogP contribution in [0.1, 0.15) is 17.4 Å². The van der Waals surface area contributed by atoms with Crippen LogP contribution in [0.3, 0.4) is 0 Å². The smallest absolute Gasteiger partial charge is 0.125 e. The van der Waals surface area contributed by atoms with Crippen molar-refractivity contribution in [2.24, 2.45) is 7.05 Å². The summed E-state index contributed by atoms with van der Waals surface area (Å²) in [5.41, 5.74) is 1.42. The predicted molar refractivity (Wildman–Crippen MR) is 69.0 cm³/mol. The van der Waals surface area contributed by atoms with E-state index < -0.39 is 6.10 Å². The summed E-state index contributed by atoms with van der Waals surface area (Å²) in [6.45, 7) is 0. The summed E-state index contributed by atoms with van der Waals surface area (Å²) in [5, 5.41) is 16.6. The molecule has 3 aromatic rings. The zero-order chi connectivity index (χ0) is 12.5. The molecule has 0 radical (unpaired) electrons. The van der Waals surface area contributed by atoms with Crippen molar-refractivity contribution >= 4 is 10.8 Å². The second-order valence-electron chi connectivity index (χ2n) is 4.27. The average Bonchev–Trinajstić information content (AvgIpc) is 2.84. The Labute approximate surface area is 105 Å². The molecular weight excluding hydrogens is 226 g/mol. The number of pyridine rings is 1. The molecule has 0 saturated heterocycles. The highest BCUT2D eigenvalue weighted by atomic mass is 16.3. The maximum absolute atomic E-state index is 10.4. The van der Waals surface area contributed by atoms with Gasteiger partial charge in [0.25, 0.3) is 0 Å². The zero-order valence-corrected chi connectivity index (χ0v) is 9.99. The van der Waals surface area contributed by atoms with Gasteiger partial charge in [0, 0.05) is 36.6 Å². The molecule has 18 heavy (non-hydrogen) atoms. The van der Waals surface area contributed by atoms with Gasteiger partial charge >= 0.3 is 0 Å². The van der Waals surface area contributed by atoms with Gasteiger partial charge in [-0.25, -0.2) is 0 Å². The molecular formula is C14H13N3O. The van der Waals surface area contributed by atoms with E-state index in [-0.39, 0.29) is 0 Å². The second-order valence-corrected chi connectivity index (χ2v) is 4.27. The lowest BCUT2D eigenvalue weighted by molar-refractivity contribution is 0.215. The normalized spacial score (nSPS) is 12.8. The van der Waals surface area contributed by atoms with Crippen molar-refractivity contribution in [1.29, 1.82) is 0 Å². The van der Waals surface area contributed by atoms with E-state index in [2.05, 4.69) is 10.1 Å². The summed E-state index contributed by atoms with van der Waals surface area (Å²) in [7, 11) is 1.83. The number of hydrogen-bond donors (Lipinski definition) is 1. The Bertz CT molecular complexity index is 685. The van der Waals surface area contributed by atoms with E-state index in [9.17, 15) is 5.11 Å². The first-order valence-electron chi connectivity index (χ1n) is 5.76. The fourth-order valence-electron chi connectivity index (χ4n) is 2.10. The van der Waals surface area contributed by atoms with Gasteiger partial charge in [-0.2, -0.15) is 5.10 Å². The van der Waals surface area contributed by atoms with Crippen molar-refractivity contribution in [3.63, 3.8) is 0 Å². The van der Waals surface area contributed by atoms with E-state index in [4.69, 9.17) is 0 Å². The number of aryl methyl sites for hydroxylation is 1. The van der Waals surface area contributed by atoms with Crippen molar-refractivity contribution in [2.45, 2.75) is 6.10 Å². The van der Waals surface area contributed by atoms with Crippen LogP contribution in [-0.4, -0.2) is 19.9 Å². The lowest BCUT2D eigenvalue weighted by Gasteiger charge is -2.10. The van der Waals surface area contributed by atoms with Gasteiger partial charge in [0.2, 0.25) is 0 Å². The van der Waals surface area contributed by atoms with E-state index in [1.54, 1.807) is 17.1 Å². The van der Waals surface area contributed by atoms with E-state index in [1.807, 2.05) is 43.6 Å². The molecule has 1 aromatic carbocycles. The summed E-state index contributed by atoms with van der Waals surface area (Å²) in [5.74, 6) is 0. The minimum Gasteiger partial charge on any atom is -0.382 e. The van der Waals surface area contributed by atoms with Crippen LogP contribution in [0.4, 0.5) is 0 Å². The molecule has 1 N–H and O–H groups in total. The molecule has 0 aliphatic rings. The first-order valence-corrected chi connectivity index (χ1v) is 5.76. The summed E-state index contributed by atoms with van der Waals surface area (Å²) < 4.78 is 1.68. The molecule has 0 aliphatic carbocycles. The quantitative estimate of drug-likeness (QED) is 0.744. The number of rotatable bonds is 2. The predicted octanol–water partition coefficient (Wildman–Crippen LogP) is 2.05. The first-order chi connectivity index (χ1) is 8.75. The Balaban J connectivity index is 2.14. The third-order valence-electron chi connectivity index (χ3n) is 3.01. The highest BCUT2D eigenvalue weighted by molar-refractivity contribution is 5.85. The second kappa shape index (κ2) is 4.23. The van der Waals surface area contributed by atoms with Crippen molar-refractivity contribution in [3.05, 3.63) is 60.2 Å². The van der Waals surface area contributed by atoms with Crippen LogP contribution in [0, 0.1) is 0 Å². The average molecular weight is 239 g/mol. The highest BCUT2D eigenvalue weighted by Gasteiger charge is 2.16. The third kappa shape index (κ3) is 1.76. The van der Waals surface area contributed by atoms with Crippen molar-refractivity contribution < 1.29 is 5.11 Å². The van der Waals surface area contributed by atoms with Gasteiger partial charge in [-0.15, -0.1) is 0 Å². The Morgan fingerprint density at radius 2 is 2.00 bits per heavy atom. The van der Waals surface area contributed by atoms with Crippen LogP contribution in [0.15, 0.2) is 48.9 Å². The maximum atomic E-state index is 10.4. The molecule has 4 nitrogen and oxygen atoms in total. The first kappa shape index (κ1) is 10.9. The monoisotopic (exact) mass is 239 g/mol. The molecule has 3 rings (SSSR count). The molecule has 4 heteroatoms. The zero-order valence-electron chi connectivity index (χ0n) is 9.99. The molecule has 0 fully saturated rings. The number of aromatic nitrogens is 3. The SMILES string of the molecule is Cn1ccc(C(O)c2cncc3ccccc23)n1. The maximum Gasteiger partial charge on any atom is 0.125 e. The lowest BCUT2D eigenvalue weighted by Crippen LogP contribution is -2.03. The Morgan fingerprint density at radius 1 is 1.17 bits per heavy atom. The molecule has 0 saturated carbocycles. The van der Waals surface area contributed by atoms with E-state index in [0.29, 0.717) is 5.69 Å². The molecule has 2 aromatic heterocycles. The minimum absolute atomic E-state index is 0.635. The topological polar surface area (TPSA) is 50.9 Å². The highest BCUT2D eigenvalue weighted by Crippen LogP contribution is 2.26. The van der Waals surface area contributed by atoms with Crippen LogP contribution in [-0.2, 0) is 7.05 Å². The molecule has 0 bridgehead atoms. The largest absolute Gasteiger partial charge is 0.382 e. The third-order valence-corrected chi connectivity index (χ3v) is 3.01. The van der Waals surface area contributed by atoms with Crippen molar-refractivity contribution in [2.75, 3.05) is 0 Å². The number of benzene rings is 1. The summed E-state index contributed by atoms with van der Waals surface area (Å²) in [6.07, 6.45) is 4.56. The van der Waals surface area contributed by atoms with E-state index >= 15 is 0 Å². The lowest BCUT2D eigenvalue weighted by atomic mass is 10.0. The van der Waals surface area contributed by atoms with Gasteiger partial charge in [0.15, 0.2) is 0 Å². The number of fused-ring (bicyclic) bond motifs is 1. The van der Waals surface area contributed by atoms with Crippen molar-refractivity contribution in [1.82, 2.24) is 14.8 Å². The van der Waals surface area contributed by atoms with Gasteiger partial charge in [0.05, 0.1) is 5.69 Å². The molecule has 0 spiro atoms. The van der Waals surface area contributed by atoms with Crippen LogP contribution >= 0.6 is 0 Å². The molecule has 1 atom stereocenters. The van der Waals surface area contributed by atoms with Gasteiger partial charge in [-0.05, 0) is 11.5 Å². The standard InChI is InChI=1S/C14H13N3O/c1-17-7-6-13(16-17)14(18)12-9-15-8-10-4-2-3-5-11(10)12/h2-9,14,18H,1H3. The van der Waals surface area contributed by atoms with Gasteiger partial charge in [-0.1, -0.05) is 24.3 Å². The Hall–Kier alpha value is -2.20. The molecule has 0 aliphatic heterocycles. The summed E-state index contributed by atoms with van der Waals surface area (Å²) in [4.78, 5) is 4.17. The van der Waals surface area contributed by atoms with Gasteiger partial charge < -0.3 is 5.11 Å². The Morgan fingerprint density at radius 3 is 2.78 bits per heavy atom. The molecule has 0 amide bonds. The van der Waals surface area contributed by atoms with Crippen LogP contribution in [0.5, 0.6) is 0 Å². The summed E-state index contributed by atoms with van der Waals surface area (Å²) in [6, 6.07) is 9.69. The van der Waals surface area contributed by atoms with E-state index in [0.717, 1.165) is 16.3 Å². The number of aliphatic hydroxyl groups is 1.